The van der Waals surface area contributed by atoms with E-state index in [0.29, 0.717) is 19.3 Å². The second-order valence-electron chi connectivity index (χ2n) is 6.21. The summed E-state index contributed by atoms with van der Waals surface area (Å²) in [5, 5.41) is 2.94. The zero-order valence-corrected chi connectivity index (χ0v) is 14.5. The Labute approximate surface area is 136 Å². The molecule has 0 aliphatic heterocycles. The van der Waals surface area contributed by atoms with Gasteiger partial charge in [-0.3, -0.25) is 9.59 Å². The maximum Gasteiger partial charge on any atom is 0.219 e. The smallest absolute Gasteiger partial charge is 0.219 e. The van der Waals surface area contributed by atoms with Crippen molar-refractivity contribution in [3.05, 3.63) is 0 Å². The highest BCUT2D eigenvalue weighted by molar-refractivity contribution is 5.76. The van der Waals surface area contributed by atoms with Crippen LogP contribution in [0, 0.1) is 0 Å². The van der Waals surface area contributed by atoms with Crippen molar-refractivity contribution < 1.29 is 9.59 Å². The maximum absolute atomic E-state index is 11.5. The first kappa shape index (κ1) is 20.9. The monoisotopic (exact) mass is 312 g/mol. The fourth-order valence-electron chi connectivity index (χ4n) is 2.51. The number of hydrogen-bond acceptors (Lipinski definition) is 2. The number of rotatable bonds is 16. The number of primary amides is 1. The summed E-state index contributed by atoms with van der Waals surface area (Å²) in [4.78, 5) is 22.1. The molecule has 0 aromatic heterocycles. The number of unbranched alkanes of at least 4 members (excludes halogenated alkanes) is 10. The number of carbonyl (C=O) groups is 2. The summed E-state index contributed by atoms with van der Waals surface area (Å²) >= 11 is 0. The second-order valence-corrected chi connectivity index (χ2v) is 6.21. The Balaban J connectivity index is 3.15. The van der Waals surface area contributed by atoms with Crippen molar-refractivity contribution >= 4 is 11.8 Å². The van der Waals surface area contributed by atoms with Gasteiger partial charge in [-0.05, 0) is 19.3 Å². The van der Waals surface area contributed by atoms with E-state index in [2.05, 4.69) is 12.2 Å². The minimum Gasteiger partial charge on any atom is -0.370 e. The quantitative estimate of drug-likeness (QED) is 0.422. The third kappa shape index (κ3) is 17.0. The third-order valence-electron chi connectivity index (χ3n) is 3.93. The largest absolute Gasteiger partial charge is 0.370 e. The van der Waals surface area contributed by atoms with Crippen molar-refractivity contribution in [1.82, 2.24) is 5.32 Å². The molecule has 0 rings (SSSR count). The molecule has 0 atom stereocenters. The Kier molecular flexibility index (Phi) is 15.5. The van der Waals surface area contributed by atoms with E-state index in [-0.39, 0.29) is 11.8 Å². The molecule has 0 heterocycles. The maximum atomic E-state index is 11.5. The van der Waals surface area contributed by atoms with E-state index in [4.69, 9.17) is 5.73 Å². The highest BCUT2D eigenvalue weighted by Crippen LogP contribution is 2.10. The molecular formula is C18H36N2O2. The van der Waals surface area contributed by atoms with Crippen molar-refractivity contribution in [2.45, 2.75) is 96.8 Å². The van der Waals surface area contributed by atoms with Gasteiger partial charge < -0.3 is 11.1 Å². The van der Waals surface area contributed by atoms with Crippen LogP contribution in [0.25, 0.3) is 0 Å². The summed E-state index contributed by atoms with van der Waals surface area (Å²) in [5.74, 6) is -0.189. The predicted octanol–water partition coefficient (Wildman–Crippen LogP) is 4.07. The summed E-state index contributed by atoms with van der Waals surface area (Å²) < 4.78 is 0. The van der Waals surface area contributed by atoms with Crippen LogP contribution in [0.1, 0.15) is 96.8 Å². The molecule has 0 spiro atoms. The van der Waals surface area contributed by atoms with Crippen molar-refractivity contribution in [2.24, 2.45) is 5.73 Å². The summed E-state index contributed by atoms with van der Waals surface area (Å²) in [6.07, 6.45) is 15.4. The lowest BCUT2D eigenvalue weighted by molar-refractivity contribution is -0.122. The molecule has 0 aromatic carbocycles. The fourth-order valence-corrected chi connectivity index (χ4v) is 2.51. The van der Waals surface area contributed by atoms with E-state index in [0.717, 1.165) is 19.4 Å². The van der Waals surface area contributed by atoms with E-state index in [9.17, 15) is 9.59 Å². The van der Waals surface area contributed by atoms with Crippen LogP contribution >= 0.6 is 0 Å². The Morgan fingerprint density at radius 2 is 1.23 bits per heavy atom. The van der Waals surface area contributed by atoms with Gasteiger partial charge in [0.05, 0.1) is 0 Å². The van der Waals surface area contributed by atoms with E-state index < -0.39 is 0 Å². The van der Waals surface area contributed by atoms with Gasteiger partial charge >= 0.3 is 0 Å². The normalized spacial score (nSPS) is 10.6. The number of carbonyl (C=O) groups excluding carboxylic acids is 2. The zero-order valence-electron chi connectivity index (χ0n) is 14.5. The molecule has 130 valence electrons. The summed E-state index contributed by atoms with van der Waals surface area (Å²) in [6.45, 7) is 3.03. The van der Waals surface area contributed by atoms with Gasteiger partial charge in [0.15, 0.2) is 0 Å². The standard InChI is InChI=1S/C18H36N2O2/c1-2-3-4-5-6-7-8-9-10-13-16-20-18(22)15-12-11-14-17(19)21/h2-16H2,1H3,(H2,19,21)(H,20,22). The number of nitrogens with two attached hydrogens (primary N) is 1. The molecule has 3 N–H and O–H groups in total. The molecular weight excluding hydrogens is 276 g/mol. The van der Waals surface area contributed by atoms with Crippen LogP contribution in [0.2, 0.25) is 0 Å². The van der Waals surface area contributed by atoms with Crippen molar-refractivity contribution in [2.75, 3.05) is 6.54 Å². The molecule has 2 amide bonds. The summed E-state index contributed by atoms with van der Waals surface area (Å²) in [6, 6.07) is 0. The third-order valence-corrected chi connectivity index (χ3v) is 3.93. The number of hydrogen-bond donors (Lipinski definition) is 2. The van der Waals surface area contributed by atoms with E-state index in [1.807, 2.05) is 0 Å². The fraction of sp³-hybridized carbons (Fsp3) is 0.889. The van der Waals surface area contributed by atoms with Crippen LogP contribution in [0.15, 0.2) is 0 Å². The van der Waals surface area contributed by atoms with Gasteiger partial charge in [-0.2, -0.15) is 0 Å². The van der Waals surface area contributed by atoms with Crippen LogP contribution in [0.4, 0.5) is 0 Å². The molecule has 0 bridgehead atoms. The molecule has 0 fully saturated rings. The lowest BCUT2D eigenvalue weighted by Gasteiger charge is -2.05. The van der Waals surface area contributed by atoms with E-state index in [1.54, 1.807) is 0 Å². The number of amides is 2. The second kappa shape index (κ2) is 16.3. The van der Waals surface area contributed by atoms with E-state index in [1.165, 1.54) is 57.8 Å². The molecule has 0 radical (unpaired) electrons. The van der Waals surface area contributed by atoms with Crippen LogP contribution in [-0.4, -0.2) is 18.4 Å². The molecule has 0 saturated carbocycles. The summed E-state index contributed by atoms with van der Waals surface area (Å²) in [5.41, 5.74) is 5.05. The Morgan fingerprint density at radius 1 is 0.727 bits per heavy atom. The lowest BCUT2D eigenvalue weighted by Crippen LogP contribution is -2.24. The van der Waals surface area contributed by atoms with Crippen molar-refractivity contribution in [1.29, 1.82) is 0 Å². The highest BCUT2D eigenvalue weighted by atomic mass is 16.1. The van der Waals surface area contributed by atoms with Crippen LogP contribution < -0.4 is 11.1 Å². The Morgan fingerprint density at radius 3 is 1.77 bits per heavy atom. The van der Waals surface area contributed by atoms with Gasteiger partial charge in [-0.25, -0.2) is 0 Å². The molecule has 0 aliphatic carbocycles. The van der Waals surface area contributed by atoms with Crippen LogP contribution in [0.3, 0.4) is 0 Å². The molecule has 0 aliphatic rings. The van der Waals surface area contributed by atoms with Gasteiger partial charge in [0.25, 0.3) is 0 Å². The average Bonchev–Trinajstić information content (AvgIpc) is 2.49. The Hall–Kier alpha value is -1.06. The summed E-state index contributed by atoms with van der Waals surface area (Å²) in [7, 11) is 0. The molecule has 4 nitrogen and oxygen atoms in total. The van der Waals surface area contributed by atoms with Crippen LogP contribution in [-0.2, 0) is 9.59 Å². The first-order chi connectivity index (χ1) is 10.7. The molecule has 0 saturated heterocycles. The van der Waals surface area contributed by atoms with E-state index >= 15 is 0 Å². The average molecular weight is 312 g/mol. The van der Waals surface area contributed by atoms with Gasteiger partial charge in [-0.1, -0.05) is 64.7 Å². The molecule has 4 heteroatoms. The topological polar surface area (TPSA) is 72.2 Å². The highest BCUT2D eigenvalue weighted by Gasteiger charge is 2.01. The molecule has 22 heavy (non-hydrogen) atoms. The number of nitrogens with one attached hydrogen (secondary N) is 1. The van der Waals surface area contributed by atoms with Crippen LogP contribution in [0.5, 0.6) is 0 Å². The van der Waals surface area contributed by atoms with Crippen molar-refractivity contribution in [3.63, 3.8) is 0 Å². The van der Waals surface area contributed by atoms with Crippen molar-refractivity contribution in [3.8, 4) is 0 Å². The van der Waals surface area contributed by atoms with Gasteiger partial charge in [0.1, 0.15) is 0 Å². The first-order valence-corrected chi connectivity index (χ1v) is 9.21. The Bertz CT molecular complexity index is 280. The van der Waals surface area contributed by atoms with Gasteiger partial charge in [0.2, 0.25) is 11.8 Å². The minimum atomic E-state index is -0.286. The predicted molar refractivity (Wildman–Crippen MR) is 92.5 cm³/mol. The minimum absolute atomic E-state index is 0.0976. The SMILES string of the molecule is CCCCCCCCCCCCNC(=O)CCCCC(N)=O. The lowest BCUT2D eigenvalue weighted by atomic mass is 10.1. The van der Waals surface area contributed by atoms with Gasteiger partial charge in [-0.15, -0.1) is 0 Å². The molecule has 0 aromatic rings. The van der Waals surface area contributed by atoms with Gasteiger partial charge in [0, 0.05) is 19.4 Å². The molecule has 0 unspecified atom stereocenters. The zero-order chi connectivity index (χ0) is 16.5. The first-order valence-electron chi connectivity index (χ1n) is 9.21.